The Kier molecular flexibility index (Phi) is 6.22. The van der Waals surface area contributed by atoms with Gasteiger partial charge in [-0.2, -0.15) is 0 Å². The second kappa shape index (κ2) is 8.42. The number of rotatable bonds is 7. The molecule has 0 saturated heterocycles. The number of aryl methyl sites for hydroxylation is 1. The number of nitrogens with zero attached hydrogens (tertiary/aromatic N) is 3. The van der Waals surface area contributed by atoms with E-state index in [-0.39, 0.29) is 18.4 Å². The molecule has 2 amide bonds. The Hall–Kier alpha value is -1.56. The zero-order chi connectivity index (χ0) is 18.7. The van der Waals surface area contributed by atoms with Gasteiger partial charge in [0, 0.05) is 33.2 Å². The normalized spacial score (nSPS) is 16.8. The van der Waals surface area contributed by atoms with Crippen molar-refractivity contribution in [3.05, 3.63) is 16.5 Å². The van der Waals surface area contributed by atoms with Crippen molar-refractivity contribution < 1.29 is 9.59 Å². The Morgan fingerprint density at radius 1 is 1.23 bits per heavy atom. The maximum atomic E-state index is 12.9. The maximum Gasteiger partial charge on any atom is 0.264 e. The van der Waals surface area contributed by atoms with E-state index in [4.69, 9.17) is 0 Å². The predicted octanol–water partition coefficient (Wildman–Crippen LogP) is 3.24. The highest BCUT2D eigenvalue weighted by atomic mass is 32.1. The van der Waals surface area contributed by atoms with Crippen LogP contribution in [0.25, 0.3) is 0 Å². The SMILES string of the molecule is CCN(CC)C(=O)CN(C)C(=O)c1cc2c(s1)N(CC1CC1)CCCC2. The maximum absolute atomic E-state index is 12.9. The lowest BCUT2D eigenvalue weighted by molar-refractivity contribution is -0.131. The fourth-order valence-electron chi connectivity index (χ4n) is 3.62. The standard InChI is InChI=1S/C20H31N3O2S/c1-4-22(5-2)18(24)14-21(3)19(25)17-12-16-8-6-7-11-23(20(16)26-17)13-15-9-10-15/h12,15H,4-11,13-14H2,1-3H3. The molecule has 0 atom stereocenters. The lowest BCUT2D eigenvalue weighted by atomic mass is 10.1. The highest BCUT2D eigenvalue weighted by Gasteiger charge is 2.29. The molecule has 0 unspecified atom stereocenters. The fourth-order valence-corrected chi connectivity index (χ4v) is 4.86. The number of likely N-dealkylation sites (N-methyl/N-ethyl adjacent to an activating group) is 2. The second-order valence-electron chi connectivity index (χ2n) is 7.51. The van der Waals surface area contributed by atoms with Gasteiger partial charge in [0.2, 0.25) is 5.91 Å². The number of fused-ring (bicyclic) bond motifs is 1. The molecule has 5 nitrogen and oxygen atoms in total. The summed E-state index contributed by atoms with van der Waals surface area (Å²) in [5.41, 5.74) is 1.32. The van der Waals surface area contributed by atoms with Crippen LogP contribution in [-0.2, 0) is 11.2 Å². The minimum Gasteiger partial charge on any atom is -0.363 e. The number of amides is 2. The topological polar surface area (TPSA) is 43.9 Å². The van der Waals surface area contributed by atoms with Crippen molar-refractivity contribution in [3.63, 3.8) is 0 Å². The summed E-state index contributed by atoms with van der Waals surface area (Å²) in [6.07, 6.45) is 6.17. The van der Waals surface area contributed by atoms with Gasteiger partial charge in [-0.3, -0.25) is 9.59 Å². The zero-order valence-electron chi connectivity index (χ0n) is 16.3. The van der Waals surface area contributed by atoms with Crippen LogP contribution in [0.3, 0.4) is 0 Å². The lowest BCUT2D eigenvalue weighted by Gasteiger charge is -2.23. The Morgan fingerprint density at radius 3 is 2.62 bits per heavy atom. The molecule has 1 fully saturated rings. The summed E-state index contributed by atoms with van der Waals surface area (Å²) in [5, 5.41) is 1.29. The molecule has 1 aliphatic heterocycles. The summed E-state index contributed by atoms with van der Waals surface area (Å²) < 4.78 is 0. The molecule has 0 radical (unpaired) electrons. The Bertz CT molecular complexity index is 649. The van der Waals surface area contributed by atoms with E-state index in [1.54, 1.807) is 28.2 Å². The predicted molar refractivity (Wildman–Crippen MR) is 107 cm³/mol. The number of anilines is 1. The first-order chi connectivity index (χ1) is 12.5. The third-order valence-electron chi connectivity index (χ3n) is 5.42. The molecule has 26 heavy (non-hydrogen) atoms. The minimum absolute atomic E-state index is 0.0133. The van der Waals surface area contributed by atoms with Crippen LogP contribution in [0.1, 0.15) is 54.8 Å². The molecule has 1 saturated carbocycles. The van der Waals surface area contributed by atoms with Gasteiger partial charge in [0.15, 0.2) is 0 Å². The van der Waals surface area contributed by atoms with Crippen LogP contribution < -0.4 is 4.90 Å². The summed E-state index contributed by atoms with van der Waals surface area (Å²) in [7, 11) is 1.73. The van der Waals surface area contributed by atoms with Crippen molar-refractivity contribution in [1.82, 2.24) is 9.80 Å². The smallest absolute Gasteiger partial charge is 0.264 e. The number of hydrogen-bond acceptors (Lipinski definition) is 4. The highest BCUT2D eigenvalue weighted by molar-refractivity contribution is 7.18. The van der Waals surface area contributed by atoms with E-state index < -0.39 is 0 Å². The van der Waals surface area contributed by atoms with Crippen LogP contribution in [0.15, 0.2) is 6.07 Å². The number of carbonyl (C=O) groups excluding carboxylic acids is 2. The van der Waals surface area contributed by atoms with E-state index in [0.29, 0.717) is 13.1 Å². The summed E-state index contributed by atoms with van der Waals surface area (Å²) in [4.78, 5) is 31.8. The molecule has 3 rings (SSSR count). The van der Waals surface area contributed by atoms with Crippen molar-refractivity contribution in [2.75, 3.05) is 44.7 Å². The Balaban J connectivity index is 1.70. The lowest BCUT2D eigenvalue weighted by Crippen LogP contribution is -2.40. The fraction of sp³-hybridized carbons (Fsp3) is 0.700. The summed E-state index contributed by atoms with van der Waals surface area (Å²) in [6.45, 7) is 7.68. The molecule has 0 aromatic carbocycles. The van der Waals surface area contributed by atoms with Crippen LogP contribution >= 0.6 is 11.3 Å². The van der Waals surface area contributed by atoms with Gasteiger partial charge in [-0.05, 0) is 63.5 Å². The van der Waals surface area contributed by atoms with Crippen molar-refractivity contribution in [1.29, 1.82) is 0 Å². The van der Waals surface area contributed by atoms with E-state index >= 15 is 0 Å². The Labute approximate surface area is 161 Å². The third-order valence-corrected chi connectivity index (χ3v) is 6.65. The van der Waals surface area contributed by atoms with Crippen LogP contribution in [0.5, 0.6) is 0 Å². The van der Waals surface area contributed by atoms with E-state index in [1.807, 2.05) is 13.8 Å². The average Bonchev–Trinajstić information content (AvgIpc) is 3.38. The van der Waals surface area contributed by atoms with Crippen molar-refractivity contribution >= 4 is 28.2 Å². The van der Waals surface area contributed by atoms with Gasteiger partial charge in [-0.15, -0.1) is 11.3 Å². The van der Waals surface area contributed by atoms with Crippen molar-refractivity contribution in [2.24, 2.45) is 5.92 Å². The summed E-state index contributed by atoms with van der Waals surface area (Å²) >= 11 is 1.62. The van der Waals surface area contributed by atoms with Gasteiger partial charge in [-0.25, -0.2) is 0 Å². The van der Waals surface area contributed by atoms with E-state index in [2.05, 4.69) is 11.0 Å². The van der Waals surface area contributed by atoms with E-state index in [0.717, 1.165) is 30.3 Å². The van der Waals surface area contributed by atoms with Gasteiger partial charge in [0.05, 0.1) is 16.4 Å². The van der Waals surface area contributed by atoms with Gasteiger partial charge in [0.25, 0.3) is 5.91 Å². The van der Waals surface area contributed by atoms with Crippen LogP contribution in [0.4, 0.5) is 5.00 Å². The first-order valence-corrected chi connectivity index (χ1v) is 10.8. The van der Waals surface area contributed by atoms with Gasteiger partial charge in [-0.1, -0.05) is 0 Å². The molecule has 1 aromatic rings. The van der Waals surface area contributed by atoms with Crippen LogP contribution in [-0.4, -0.2) is 61.4 Å². The van der Waals surface area contributed by atoms with Crippen molar-refractivity contribution in [3.8, 4) is 0 Å². The molecule has 0 bridgehead atoms. The molecule has 0 spiro atoms. The monoisotopic (exact) mass is 377 g/mol. The molecule has 2 aliphatic rings. The Morgan fingerprint density at radius 2 is 1.96 bits per heavy atom. The van der Waals surface area contributed by atoms with Gasteiger partial charge < -0.3 is 14.7 Å². The molecule has 2 heterocycles. The minimum atomic E-state index is -0.0325. The van der Waals surface area contributed by atoms with Crippen molar-refractivity contribution in [2.45, 2.75) is 46.0 Å². The van der Waals surface area contributed by atoms with Crippen LogP contribution in [0.2, 0.25) is 0 Å². The zero-order valence-corrected chi connectivity index (χ0v) is 17.1. The summed E-state index contributed by atoms with van der Waals surface area (Å²) in [5.74, 6) is 0.825. The quantitative estimate of drug-likeness (QED) is 0.733. The molecule has 1 aromatic heterocycles. The average molecular weight is 378 g/mol. The van der Waals surface area contributed by atoms with E-state index in [1.165, 1.54) is 36.2 Å². The van der Waals surface area contributed by atoms with Gasteiger partial charge >= 0.3 is 0 Å². The summed E-state index contributed by atoms with van der Waals surface area (Å²) in [6, 6.07) is 2.08. The first kappa shape index (κ1) is 19.2. The van der Waals surface area contributed by atoms with Crippen LogP contribution in [0, 0.1) is 5.92 Å². The molecule has 144 valence electrons. The second-order valence-corrected chi connectivity index (χ2v) is 8.55. The number of carbonyl (C=O) groups is 2. The highest BCUT2D eigenvalue weighted by Crippen LogP contribution is 2.39. The molecular weight excluding hydrogens is 346 g/mol. The number of thiophene rings is 1. The molecule has 6 heteroatoms. The van der Waals surface area contributed by atoms with E-state index in [9.17, 15) is 9.59 Å². The third kappa shape index (κ3) is 4.40. The molecule has 1 aliphatic carbocycles. The largest absolute Gasteiger partial charge is 0.363 e. The molecular formula is C20H31N3O2S. The van der Waals surface area contributed by atoms with Gasteiger partial charge in [0.1, 0.15) is 0 Å². The first-order valence-electron chi connectivity index (χ1n) is 9.94. The number of hydrogen-bond donors (Lipinski definition) is 0. The molecule has 0 N–H and O–H groups in total.